The lowest BCUT2D eigenvalue weighted by Crippen LogP contribution is -3.00. The van der Waals surface area contributed by atoms with Crippen LogP contribution in [0.5, 0.6) is 0 Å². The highest BCUT2D eigenvalue weighted by molar-refractivity contribution is 6.31. The van der Waals surface area contributed by atoms with Crippen LogP contribution in [0.1, 0.15) is 58.3 Å². The van der Waals surface area contributed by atoms with E-state index in [1.807, 2.05) is 12.1 Å². The second-order valence-corrected chi connectivity index (χ2v) is 9.99. The first-order chi connectivity index (χ1) is 15.5. The van der Waals surface area contributed by atoms with E-state index in [2.05, 4.69) is 35.7 Å². The van der Waals surface area contributed by atoms with Gasteiger partial charge in [-0.3, -0.25) is 9.59 Å². The Morgan fingerprint density at radius 1 is 1.15 bits per heavy atom. The number of carbonyl (C=O) groups excluding carboxylic acids is 2. The molecule has 1 fully saturated rings. The van der Waals surface area contributed by atoms with Crippen molar-refractivity contribution in [1.82, 2.24) is 4.90 Å². The number of hydrogen-bond donors (Lipinski definition) is 0. The number of nitrogens with zero attached hydrogens (tertiary/aromatic N) is 2. The first-order valence-corrected chi connectivity index (χ1v) is 12.1. The average Bonchev–Trinajstić information content (AvgIpc) is 3.38. The SMILES string of the molecule is C=CC[N+]1(CC2c3ccccc3CCN2C(=O)C2CC(=O)c3ccc(Cl)cc32)CCCC1.[Br-]. The number of carbonyl (C=O) groups is 2. The lowest BCUT2D eigenvalue weighted by atomic mass is 9.89. The van der Waals surface area contributed by atoms with E-state index < -0.39 is 5.92 Å². The van der Waals surface area contributed by atoms with Crippen molar-refractivity contribution in [3.63, 3.8) is 0 Å². The summed E-state index contributed by atoms with van der Waals surface area (Å²) in [6.45, 7) is 8.81. The van der Waals surface area contributed by atoms with Crippen molar-refractivity contribution in [2.75, 3.05) is 32.7 Å². The highest BCUT2D eigenvalue weighted by Gasteiger charge is 2.44. The molecule has 174 valence electrons. The van der Waals surface area contributed by atoms with Crippen molar-refractivity contribution in [2.45, 2.75) is 37.6 Å². The minimum atomic E-state index is -0.435. The highest BCUT2D eigenvalue weighted by Crippen LogP contribution is 2.40. The zero-order valence-electron chi connectivity index (χ0n) is 18.8. The third kappa shape index (κ3) is 4.43. The number of ketones is 1. The van der Waals surface area contributed by atoms with Crippen LogP contribution < -0.4 is 17.0 Å². The predicted octanol–water partition coefficient (Wildman–Crippen LogP) is 1.94. The maximum Gasteiger partial charge on any atom is 0.231 e. The molecule has 0 radical (unpaired) electrons. The molecule has 1 amide bonds. The van der Waals surface area contributed by atoms with Crippen LogP contribution in [0.2, 0.25) is 5.02 Å². The van der Waals surface area contributed by atoms with E-state index >= 15 is 0 Å². The van der Waals surface area contributed by atoms with Gasteiger partial charge >= 0.3 is 0 Å². The Labute approximate surface area is 211 Å². The summed E-state index contributed by atoms with van der Waals surface area (Å²) in [6.07, 6.45) is 5.56. The summed E-state index contributed by atoms with van der Waals surface area (Å²) in [5.74, 6) is -0.330. The summed E-state index contributed by atoms with van der Waals surface area (Å²) in [5, 5.41) is 0.573. The summed E-state index contributed by atoms with van der Waals surface area (Å²) in [7, 11) is 0. The number of amides is 1. The summed E-state index contributed by atoms with van der Waals surface area (Å²) in [5.41, 5.74) is 4.04. The fourth-order valence-corrected chi connectivity index (χ4v) is 6.28. The molecule has 33 heavy (non-hydrogen) atoms. The van der Waals surface area contributed by atoms with Gasteiger partial charge in [0.15, 0.2) is 5.78 Å². The first kappa shape index (κ1) is 24.2. The van der Waals surface area contributed by atoms with Crippen LogP contribution >= 0.6 is 11.6 Å². The topological polar surface area (TPSA) is 37.4 Å². The van der Waals surface area contributed by atoms with Crippen molar-refractivity contribution in [3.8, 4) is 0 Å². The number of fused-ring (bicyclic) bond motifs is 2. The first-order valence-electron chi connectivity index (χ1n) is 11.7. The minimum absolute atomic E-state index is 0. The maximum absolute atomic E-state index is 14.0. The molecule has 2 heterocycles. The molecular weight excluding hydrogens is 500 g/mol. The van der Waals surface area contributed by atoms with Gasteiger partial charge in [0.2, 0.25) is 5.91 Å². The van der Waals surface area contributed by atoms with Crippen molar-refractivity contribution in [2.24, 2.45) is 0 Å². The van der Waals surface area contributed by atoms with Crippen molar-refractivity contribution < 1.29 is 31.1 Å². The number of quaternary nitrogens is 1. The predicted molar refractivity (Wildman–Crippen MR) is 127 cm³/mol. The van der Waals surface area contributed by atoms with Gasteiger partial charge in [0.25, 0.3) is 0 Å². The van der Waals surface area contributed by atoms with Gasteiger partial charge in [0.05, 0.1) is 25.6 Å². The summed E-state index contributed by atoms with van der Waals surface area (Å²) >= 11 is 6.24. The molecule has 0 aromatic heterocycles. The molecule has 0 bridgehead atoms. The van der Waals surface area contributed by atoms with Gasteiger partial charge in [0.1, 0.15) is 12.6 Å². The lowest BCUT2D eigenvalue weighted by Gasteiger charge is -2.44. The third-order valence-corrected chi connectivity index (χ3v) is 7.90. The Kier molecular flexibility index (Phi) is 7.13. The molecule has 1 aliphatic carbocycles. The summed E-state index contributed by atoms with van der Waals surface area (Å²) in [6, 6.07) is 13.9. The summed E-state index contributed by atoms with van der Waals surface area (Å²) in [4.78, 5) is 28.7. The molecule has 2 aliphatic heterocycles. The van der Waals surface area contributed by atoms with E-state index in [1.165, 1.54) is 24.0 Å². The van der Waals surface area contributed by atoms with Gasteiger partial charge in [-0.1, -0.05) is 42.4 Å². The standard InChI is InChI=1S/C27H30ClN2O2.BrH/c1-2-13-30(14-5-6-15-30)18-25-21-8-4-3-7-19(21)11-12-29(25)27(32)24-17-26(31)22-10-9-20(28)16-23(22)24;/h2-4,7-10,16,24-25H,1,5-6,11-15,17-18H2;1H/q+1;/p-1. The van der Waals surface area contributed by atoms with Crippen molar-refractivity contribution in [1.29, 1.82) is 0 Å². The van der Waals surface area contributed by atoms with Crippen LogP contribution in [-0.2, 0) is 11.2 Å². The maximum atomic E-state index is 14.0. The zero-order chi connectivity index (χ0) is 22.3. The number of rotatable bonds is 5. The average molecular weight is 530 g/mol. The number of Topliss-reactive ketones (excluding diaryl/α,β-unsaturated/α-hetero) is 1. The van der Waals surface area contributed by atoms with Gasteiger partial charge in [-0.15, -0.1) is 0 Å². The van der Waals surface area contributed by atoms with E-state index in [0.717, 1.165) is 42.6 Å². The number of benzene rings is 2. The normalized spacial score (nSPS) is 22.9. The van der Waals surface area contributed by atoms with Gasteiger partial charge in [-0.05, 0) is 47.4 Å². The Morgan fingerprint density at radius 3 is 2.67 bits per heavy atom. The lowest BCUT2D eigenvalue weighted by molar-refractivity contribution is -0.913. The van der Waals surface area contributed by atoms with Crippen LogP contribution in [-0.4, -0.2) is 53.8 Å². The van der Waals surface area contributed by atoms with Gasteiger partial charge < -0.3 is 26.4 Å². The summed E-state index contributed by atoms with van der Waals surface area (Å²) < 4.78 is 0.984. The van der Waals surface area contributed by atoms with Gasteiger partial charge in [0, 0.05) is 36.4 Å². The zero-order valence-corrected chi connectivity index (χ0v) is 21.2. The highest BCUT2D eigenvalue weighted by atomic mass is 79.9. The van der Waals surface area contributed by atoms with E-state index in [4.69, 9.17) is 11.6 Å². The molecule has 6 heteroatoms. The smallest absolute Gasteiger partial charge is 0.231 e. The van der Waals surface area contributed by atoms with E-state index in [0.29, 0.717) is 17.1 Å². The van der Waals surface area contributed by atoms with Crippen LogP contribution in [0.4, 0.5) is 0 Å². The molecule has 2 aromatic carbocycles. The molecule has 2 aromatic rings. The largest absolute Gasteiger partial charge is 1.00 e. The van der Waals surface area contributed by atoms with E-state index in [1.54, 1.807) is 12.1 Å². The molecule has 2 atom stereocenters. The Bertz CT molecular complexity index is 1080. The van der Waals surface area contributed by atoms with Gasteiger partial charge in [-0.2, -0.15) is 0 Å². The Hall–Kier alpha value is -1.95. The molecule has 0 N–H and O–H groups in total. The van der Waals surface area contributed by atoms with Crippen LogP contribution in [0.15, 0.2) is 55.1 Å². The monoisotopic (exact) mass is 528 g/mol. The Morgan fingerprint density at radius 2 is 1.91 bits per heavy atom. The minimum Gasteiger partial charge on any atom is -1.00 e. The molecule has 3 aliphatic rings. The molecule has 0 spiro atoms. The molecule has 0 saturated carbocycles. The van der Waals surface area contributed by atoms with E-state index in [9.17, 15) is 9.59 Å². The van der Waals surface area contributed by atoms with Crippen LogP contribution in [0, 0.1) is 0 Å². The van der Waals surface area contributed by atoms with Crippen LogP contribution in [0.25, 0.3) is 0 Å². The molecule has 2 unspecified atom stereocenters. The molecule has 1 saturated heterocycles. The van der Waals surface area contributed by atoms with Crippen molar-refractivity contribution in [3.05, 3.63) is 82.4 Å². The number of likely N-dealkylation sites (tertiary alicyclic amines) is 1. The van der Waals surface area contributed by atoms with Crippen molar-refractivity contribution >= 4 is 23.3 Å². The fraction of sp³-hybridized carbons (Fsp3) is 0.407. The van der Waals surface area contributed by atoms with Crippen LogP contribution in [0.3, 0.4) is 0 Å². The molecule has 4 nitrogen and oxygen atoms in total. The molecule has 5 rings (SSSR count). The quantitative estimate of drug-likeness (QED) is 0.439. The second-order valence-electron chi connectivity index (χ2n) is 9.56. The second kappa shape index (κ2) is 9.73. The molecular formula is C27H30BrClN2O2. The fourth-order valence-electron chi connectivity index (χ4n) is 6.10. The third-order valence-electron chi connectivity index (χ3n) is 7.66. The van der Waals surface area contributed by atoms with Gasteiger partial charge in [-0.25, -0.2) is 0 Å². The number of hydrogen-bond acceptors (Lipinski definition) is 2. The van der Waals surface area contributed by atoms with E-state index in [-0.39, 0.29) is 41.1 Å². The Balaban J connectivity index is 0.00000259. The number of halogens is 2.